The van der Waals surface area contributed by atoms with Crippen molar-refractivity contribution in [2.45, 2.75) is 6.16 Å². The molecule has 0 radical (unpaired) electrons. The van der Waals surface area contributed by atoms with Crippen LogP contribution in [0.15, 0.2) is 122 Å². The summed E-state index contributed by atoms with van der Waals surface area (Å²) >= 11 is 0. The van der Waals surface area contributed by atoms with Crippen molar-refractivity contribution in [1.29, 1.82) is 0 Å². The van der Waals surface area contributed by atoms with Gasteiger partial charge < -0.3 is 0 Å². The van der Waals surface area contributed by atoms with Crippen LogP contribution in [0.1, 0.15) is 5.82 Å². The number of hydrogen-bond donors (Lipinski definition) is 0. The van der Waals surface area contributed by atoms with Crippen molar-refractivity contribution in [2.75, 3.05) is 0 Å². The Labute approximate surface area is 192 Å². The van der Waals surface area contributed by atoms with Gasteiger partial charge in [0.05, 0.1) is 5.52 Å². The van der Waals surface area contributed by atoms with Crippen molar-refractivity contribution < 1.29 is 0 Å². The summed E-state index contributed by atoms with van der Waals surface area (Å²) in [6.45, 7) is 0. The summed E-state index contributed by atoms with van der Waals surface area (Å²) in [5.74, 6) is 0.844. The minimum Gasteiger partial charge on any atom is -0.256 e. The van der Waals surface area contributed by atoms with Gasteiger partial charge in [0.25, 0.3) is 0 Å². The molecule has 3 aromatic heterocycles. The highest BCUT2D eigenvalue weighted by atomic mass is 31.2. The highest BCUT2D eigenvalue weighted by Gasteiger charge is 2.46. The number of rotatable bonds is 5. The van der Waals surface area contributed by atoms with E-state index in [1.165, 1.54) is 15.9 Å². The predicted molar refractivity (Wildman–Crippen MR) is 137 cm³/mol. The fourth-order valence-electron chi connectivity index (χ4n) is 4.58. The summed E-state index contributed by atoms with van der Waals surface area (Å²) in [6, 6.07) is 38.5. The van der Waals surface area contributed by atoms with Crippen LogP contribution in [0.3, 0.4) is 0 Å². The molecule has 0 aliphatic carbocycles. The molecule has 158 valence electrons. The van der Waals surface area contributed by atoms with Gasteiger partial charge in [-0.1, -0.05) is 54.6 Å². The second-order valence-electron chi connectivity index (χ2n) is 8.02. The molecule has 4 nitrogen and oxygen atoms in total. The second kappa shape index (κ2) is 8.23. The van der Waals surface area contributed by atoms with E-state index in [4.69, 9.17) is 10.1 Å². The van der Waals surface area contributed by atoms with E-state index in [9.17, 15) is 0 Å². The van der Waals surface area contributed by atoms with E-state index < -0.39 is 7.26 Å². The first-order valence-corrected chi connectivity index (χ1v) is 13.0. The third-order valence-electron chi connectivity index (χ3n) is 6.10. The van der Waals surface area contributed by atoms with Crippen LogP contribution in [-0.2, 0) is 6.16 Å². The maximum atomic E-state index is 5.04. The number of nitrogens with zero attached hydrogens (tertiary/aromatic N) is 4. The molecule has 0 bridgehead atoms. The molecule has 33 heavy (non-hydrogen) atoms. The molecule has 0 fully saturated rings. The average Bonchev–Trinajstić information content (AvgIpc) is 3.32. The van der Waals surface area contributed by atoms with E-state index in [1.807, 2.05) is 29.0 Å². The lowest BCUT2D eigenvalue weighted by atomic mass is 10.2. The number of fused-ring (bicyclic) bond motifs is 3. The van der Waals surface area contributed by atoms with Gasteiger partial charge in [-0.3, -0.25) is 4.98 Å². The maximum Gasteiger partial charge on any atom is 0.190 e. The first kappa shape index (κ1) is 19.8. The van der Waals surface area contributed by atoms with Crippen molar-refractivity contribution in [1.82, 2.24) is 19.6 Å². The van der Waals surface area contributed by atoms with Crippen LogP contribution in [0.2, 0.25) is 0 Å². The molecule has 6 aromatic rings. The van der Waals surface area contributed by atoms with Crippen LogP contribution in [0, 0.1) is 0 Å². The third-order valence-corrected chi connectivity index (χ3v) is 10.4. The molecule has 0 saturated heterocycles. The highest BCUT2D eigenvalue weighted by molar-refractivity contribution is 7.95. The Morgan fingerprint density at radius 1 is 0.636 bits per heavy atom. The van der Waals surface area contributed by atoms with Crippen LogP contribution >= 0.6 is 7.26 Å². The van der Waals surface area contributed by atoms with Crippen molar-refractivity contribution in [3.63, 3.8) is 0 Å². The summed E-state index contributed by atoms with van der Waals surface area (Å²) in [5, 5.41) is 9.93. The lowest BCUT2D eigenvalue weighted by Crippen LogP contribution is -2.32. The SMILES string of the molecule is c1ccc([P+](Cc2nc3c4cccnc4ccn3n2)(c2ccccc2)c2ccccc2)cc1. The molecule has 0 unspecified atom stereocenters. The quantitative estimate of drug-likeness (QED) is 0.359. The van der Waals surface area contributed by atoms with Crippen molar-refractivity contribution in [3.05, 3.63) is 127 Å². The molecule has 0 aliphatic rings. The number of benzene rings is 3. The van der Waals surface area contributed by atoms with E-state index in [1.54, 1.807) is 0 Å². The molecule has 5 heteroatoms. The van der Waals surface area contributed by atoms with E-state index in [0.717, 1.165) is 28.5 Å². The standard InChI is InChI=1S/C28H22N4P/c1-4-11-22(12-5-1)33(23-13-6-2-7-14-23,24-15-8-3-9-16-24)21-27-30-28-25-17-10-19-29-26(25)18-20-32(28)31-27/h1-20H,21H2/q+1. The fraction of sp³-hybridized carbons (Fsp3) is 0.0357. The van der Waals surface area contributed by atoms with Gasteiger partial charge in [0.15, 0.2) is 11.5 Å². The van der Waals surface area contributed by atoms with Gasteiger partial charge >= 0.3 is 0 Å². The normalized spacial score (nSPS) is 11.8. The molecule has 0 atom stereocenters. The Balaban J connectivity index is 1.61. The molecule has 0 amide bonds. The molecule has 6 rings (SSSR count). The zero-order chi connectivity index (χ0) is 22.1. The van der Waals surface area contributed by atoms with Crippen molar-refractivity contribution in [3.8, 4) is 0 Å². The van der Waals surface area contributed by atoms with E-state index in [2.05, 4.69) is 102 Å². The average molecular weight is 445 g/mol. The van der Waals surface area contributed by atoms with Gasteiger partial charge in [-0.25, -0.2) is 9.50 Å². The van der Waals surface area contributed by atoms with Gasteiger partial charge in [-0.05, 0) is 54.6 Å². The van der Waals surface area contributed by atoms with Crippen LogP contribution in [-0.4, -0.2) is 19.6 Å². The summed E-state index contributed by atoms with van der Waals surface area (Å²) in [7, 11) is -2.04. The zero-order valence-electron chi connectivity index (χ0n) is 18.0. The summed E-state index contributed by atoms with van der Waals surface area (Å²) in [5.41, 5.74) is 1.78. The van der Waals surface area contributed by atoms with Crippen LogP contribution in [0.4, 0.5) is 0 Å². The van der Waals surface area contributed by atoms with Gasteiger partial charge in [0.2, 0.25) is 0 Å². The van der Waals surface area contributed by atoms with E-state index in [0.29, 0.717) is 0 Å². The number of hydrogen-bond acceptors (Lipinski definition) is 3. The molecular weight excluding hydrogens is 423 g/mol. The van der Waals surface area contributed by atoms with Crippen LogP contribution in [0.25, 0.3) is 16.6 Å². The maximum absolute atomic E-state index is 5.04. The minimum absolute atomic E-state index is 0.745. The van der Waals surface area contributed by atoms with Crippen molar-refractivity contribution in [2.24, 2.45) is 0 Å². The van der Waals surface area contributed by atoms with Crippen LogP contribution in [0.5, 0.6) is 0 Å². The largest absolute Gasteiger partial charge is 0.256 e. The summed E-state index contributed by atoms with van der Waals surface area (Å²) in [4.78, 5) is 9.53. The monoisotopic (exact) mass is 445 g/mol. The smallest absolute Gasteiger partial charge is 0.190 e. The highest BCUT2D eigenvalue weighted by Crippen LogP contribution is 2.57. The fourth-order valence-corrected chi connectivity index (χ4v) is 8.63. The third kappa shape index (κ3) is 3.40. The lowest BCUT2D eigenvalue weighted by molar-refractivity contribution is 0.925. The second-order valence-corrected chi connectivity index (χ2v) is 11.5. The number of pyridine rings is 2. The molecule has 0 spiro atoms. The van der Waals surface area contributed by atoms with E-state index in [-0.39, 0.29) is 0 Å². The Morgan fingerprint density at radius 3 is 1.79 bits per heavy atom. The van der Waals surface area contributed by atoms with Crippen LogP contribution < -0.4 is 15.9 Å². The first-order chi connectivity index (χ1) is 16.3. The molecule has 0 saturated carbocycles. The predicted octanol–water partition coefficient (Wildman–Crippen LogP) is 4.77. The topological polar surface area (TPSA) is 43.1 Å². The Morgan fingerprint density at radius 2 is 1.21 bits per heavy atom. The lowest BCUT2D eigenvalue weighted by Gasteiger charge is -2.26. The number of aromatic nitrogens is 4. The van der Waals surface area contributed by atoms with Gasteiger partial charge in [0, 0.05) is 17.8 Å². The Hall–Kier alpha value is -3.88. The Bertz CT molecular complexity index is 1430. The molecule has 0 N–H and O–H groups in total. The van der Waals surface area contributed by atoms with E-state index >= 15 is 0 Å². The summed E-state index contributed by atoms with van der Waals surface area (Å²) < 4.78 is 1.88. The molecule has 3 aromatic carbocycles. The molecule has 3 heterocycles. The van der Waals surface area contributed by atoms with Gasteiger partial charge in [0.1, 0.15) is 29.3 Å². The Kier molecular flexibility index (Phi) is 4.93. The molecule has 0 aliphatic heterocycles. The minimum atomic E-state index is -2.04. The zero-order valence-corrected chi connectivity index (χ0v) is 18.9. The molecular formula is C28H22N4P+. The van der Waals surface area contributed by atoms with Gasteiger partial charge in [-0.15, -0.1) is 5.10 Å². The summed E-state index contributed by atoms with van der Waals surface area (Å²) in [6.07, 6.45) is 4.51. The van der Waals surface area contributed by atoms with Crippen molar-refractivity contribution >= 4 is 39.7 Å². The first-order valence-electron chi connectivity index (χ1n) is 11.0. The van der Waals surface area contributed by atoms with Gasteiger partial charge in [-0.2, -0.15) is 0 Å².